The molecule has 0 spiro atoms. The van der Waals surface area contributed by atoms with E-state index in [0.29, 0.717) is 13.0 Å². The number of benzene rings is 1. The molecule has 0 aliphatic heterocycles. The standard InChI is InChI=1S/C18H27FN2O3.ClH/c1-5-24-15-10-18(20,17(15,2)3)16(22)21-11-14(23-4)12-6-8-13(19)9-7-12;/h6-9,14-15H,5,10-11,20H2,1-4H3,(H,21,22);1H. The Labute approximate surface area is 154 Å². The molecule has 7 heteroatoms. The summed E-state index contributed by atoms with van der Waals surface area (Å²) < 4.78 is 24.1. The molecule has 3 atom stereocenters. The van der Waals surface area contributed by atoms with Gasteiger partial charge in [0.05, 0.1) is 12.2 Å². The minimum atomic E-state index is -0.964. The van der Waals surface area contributed by atoms with Crippen LogP contribution in [0.25, 0.3) is 0 Å². The first-order valence-electron chi connectivity index (χ1n) is 8.23. The van der Waals surface area contributed by atoms with Crippen LogP contribution in [0.2, 0.25) is 0 Å². The Morgan fingerprint density at radius 3 is 2.48 bits per heavy atom. The van der Waals surface area contributed by atoms with E-state index in [-0.39, 0.29) is 42.9 Å². The Hall–Kier alpha value is -1.21. The van der Waals surface area contributed by atoms with E-state index in [9.17, 15) is 9.18 Å². The predicted molar refractivity (Wildman–Crippen MR) is 97.1 cm³/mol. The molecule has 0 radical (unpaired) electrons. The third-order valence-corrected chi connectivity index (χ3v) is 5.21. The molecule has 1 aromatic rings. The highest BCUT2D eigenvalue weighted by Crippen LogP contribution is 2.49. The number of methoxy groups -OCH3 is 1. The zero-order chi connectivity index (χ0) is 18.0. The molecule has 5 nitrogen and oxygen atoms in total. The van der Waals surface area contributed by atoms with Crippen LogP contribution in [0.15, 0.2) is 24.3 Å². The van der Waals surface area contributed by atoms with Crippen LogP contribution in [0.1, 0.15) is 38.9 Å². The SMILES string of the molecule is CCOC1CC(N)(C(=O)NCC(OC)c2ccc(F)cc2)C1(C)C.Cl. The summed E-state index contributed by atoms with van der Waals surface area (Å²) in [5, 5.41) is 2.87. The van der Waals surface area contributed by atoms with Crippen LogP contribution in [-0.4, -0.2) is 37.8 Å². The summed E-state index contributed by atoms with van der Waals surface area (Å²) in [6.07, 6.45) is 0.117. The van der Waals surface area contributed by atoms with Crippen molar-refractivity contribution < 1.29 is 18.7 Å². The first kappa shape index (κ1) is 21.8. The Kier molecular flexibility index (Phi) is 7.38. The first-order valence-corrected chi connectivity index (χ1v) is 8.23. The Morgan fingerprint density at radius 2 is 2.00 bits per heavy atom. The molecule has 0 saturated heterocycles. The van der Waals surface area contributed by atoms with E-state index < -0.39 is 11.0 Å². The zero-order valence-electron chi connectivity index (χ0n) is 15.2. The van der Waals surface area contributed by atoms with Gasteiger partial charge in [-0.2, -0.15) is 0 Å². The van der Waals surface area contributed by atoms with Gasteiger partial charge in [0.25, 0.3) is 0 Å². The lowest BCUT2D eigenvalue weighted by atomic mass is 9.54. The fraction of sp³-hybridized carbons (Fsp3) is 0.611. The number of hydrogen-bond acceptors (Lipinski definition) is 4. The molecule has 3 unspecified atom stereocenters. The number of hydrogen-bond donors (Lipinski definition) is 2. The number of halogens is 2. The van der Waals surface area contributed by atoms with E-state index in [1.165, 1.54) is 12.1 Å². The topological polar surface area (TPSA) is 73.6 Å². The molecule has 142 valence electrons. The van der Waals surface area contributed by atoms with Crippen LogP contribution in [0, 0.1) is 11.2 Å². The van der Waals surface area contributed by atoms with E-state index in [2.05, 4.69) is 5.32 Å². The maximum absolute atomic E-state index is 13.0. The minimum Gasteiger partial charge on any atom is -0.378 e. The molecule has 3 N–H and O–H groups in total. The van der Waals surface area contributed by atoms with Gasteiger partial charge in [0.2, 0.25) is 5.91 Å². The molecule has 2 rings (SSSR count). The molecule has 1 aromatic carbocycles. The van der Waals surface area contributed by atoms with Gasteiger partial charge in [0, 0.05) is 32.1 Å². The third kappa shape index (κ3) is 4.14. The third-order valence-electron chi connectivity index (χ3n) is 5.21. The van der Waals surface area contributed by atoms with Crippen LogP contribution >= 0.6 is 12.4 Å². The van der Waals surface area contributed by atoms with Crippen molar-refractivity contribution in [2.45, 2.75) is 44.9 Å². The zero-order valence-corrected chi connectivity index (χ0v) is 16.0. The van der Waals surface area contributed by atoms with Crippen molar-refractivity contribution in [3.05, 3.63) is 35.6 Å². The monoisotopic (exact) mass is 374 g/mol. The van der Waals surface area contributed by atoms with Gasteiger partial charge in [-0.05, 0) is 24.6 Å². The fourth-order valence-electron chi connectivity index (χ4n) is 3.18. The fourth-order valence-corrected chi connectivity index (χ4v) is 3.18. The Balaban J connectivity index is 0.00000312. The van der Waals surface area contributed by atoms with E-state index in [0.717, 1.165) is 5.56 Å². The number of nitrogens with one attached hydrogen (secondary N) is 1. The molecule has 1 aliphatic rings. The van der Waals surface area contributed by atoms with Crippen molar-refractivity contribution in [3.8, 4) is 0 Å². The van der Waals surface area contributed by atoms with Gasteiger partial charge in [-0.3, -0.25) is 4.79 Å². The van der Waals surface area contributed by atoms with Gasteiger partial charge in [-0.1, -0.05) is 26.0 Å². The van der Waals surface area contributed by atoms with E-state index in [4.69, 9.17) is 15.2 Å². The second kappa shape index (κ2) is 8.45. The summed E-state index contributed by atoms with van der Waals surface area (Å²) in [6, 6.07) is 6.03. The van der Waals surface area contributed by atoms with Crippen LogP contribution < -0.4 is 11.1 Å². The number of carbonyl (C=O) groups is 1. The summed E-state index contributed by atoms with van der Waals surface area (Å²) in [6.45, 7) is 6.70. The Bertz CT molecular complexity index is 582. The number of ether oxygens (including phenoxy) is 2. The predicted octanol–water partition coefficient (Wildman–Crippen LogP) is 2.58. The highest BCUT2D eigenvalue weighted by molar-refractivity contribution is 5.88. The lowest BCUT2D eigenvalue weighted by Crippen LogP contribution is -2.75. The summed E-state index contributed by atoms with van der Waals surface area (Å²) in [7, 11) is 1.55. The van der Waals surface area contributed by atoms with Crippen molar-refractivity contribution >= 4 is 18.3 Å². The van der Waals surface area contributed by atoms with Crippen molar-refractivity contribution in [1.29, 1.82) is 0 Å². The molecule has 1 amide bonds. The molecule has 1 aliphatic carbocycles. The van der Waals surface area contributed by atoms with Crippen LogP contribution in [0.4, 0.5) is 4.39 Å². The largest absolute Gasteiger partial charge is 0.378 e. The summed E-state index contributed by atoms with van der Waals surface area (Å²) in [5.41, 5.74) is 5.74. The molecule has 0 bridgehead atoms. The molecule has 1 saturated carbocycles. The van der Waals surface area contributed by atoms with Gasteiger partial charge in [-0.15, -0.1) is 12.4 Å². The molecule has 1 fully saturated rings. The quantitative estimate of drug-likeness (QED) is 0.769. The number of carbonyl (C=O) groups excluding carboxylic acids is 1. The van der Waals surface area contributed by atoms with Gasteiger partial charge in [-0.25, -0.2) is 4.39 Å². The van der Waals surface area contributed by atoms with Crippen LogP contribution in [0.5, 0.6) is 0 Å². The van der Waals surface area contributed by atoms with E-state index in [1.54, 1.807) is 19.2 Å². The summed E-state index contributed by atoms with van der Waals surface area (Å²) in [5.74, 6) is -0.524. The van der Waals surface area contributed by atoms with Gasteiger partial charge in [0.15, 0.2) is 0 Å². The Morgan fingerprint density at radius 1 is 1.40 bits per heavy atom. The number of rotatable bonds is 7. The molecular weight excluding hydrogens is 347 g/mol. The van der Waals surface area contributed by atoms with Crippen molar-refractivity contribution in [2.24, 2.45) is 11.1 Å². The lowest BCUT2D eigenvalue weighted by molar-refractivity contribution is -0.171. The lowest BCUT2D eigenvalue weighted by Gasteiger charge is -2.57. The molecule has 0 heterocycles. The maximum Gasteiger partial charge on any atom is 0.240 e. The van der Waals surface area contributed by atoms with E-state index >= 15 is 0 Å². The van der Waals surface area contributed by atoms with Crippen LogP contribution in [0.3, 0.4) is 0 Å². The average molecular weight is 375 g/mol. The summed E-state index contributed by atoms with van der Waals surface area (Å²) >= 11 is 0. The normalized spacial score (nSPS) is 25.4. The summed E-state index contributed by atoms with van der Waals surface area (Å²) in [4.78, 5) is 12.6. The maximum atomic E-state index is 13.0. The van der Waals surface area contributed by atoms with Gasteiger partial charge < -0.3 is 20.5 Å². The molecular formula is C18H28ClFN2O3. The van der Waals surface area contributed by atoms with Gasteiger partial charge >= 0.3 is 0 Å². The van der Waals surface area contributed by atoms with Gasteiger partial charge in [0.1, 0.15) is 11.4 Å². The van der Waals surface area contributed by atoms with E-state index in [1.807, 2.05) is 20.8 Å². The number of amides is 1. The van der Waals surface area contributed by atoms with Crippen molar-refractivity contribution in [1.82, 2.24) is 5.32 Å². The molecule has 25 heavy (non-hydrogen) atoms. The second-order valence-corrected chi connectivity index (χ2v) is 6.83. The van der Waals surface area contributed by atoms with Crippen molar-refractivity contribution in [3.63, 3.8) is 0 Å². The number of nitrogens with two attached hydrogens (primary N) is 1. The molecule has 0 aromatic heterocycles. The second-order valence-electron chi connectivity index (χ2n) is 6.83. The first-order chi connectivity index (χ1) is 11.3. The highest BCUT2D eigenvalue weighted by atomic mass is 35.5. The van der Waals surface area contributed by atoms with Crippen molar-refractivity contribution in [2.75, 3.05) is 20.3 Å². The minimum absolute atomic E-state index is 0. The smallest absolute Gasteiger partial charge is 0.240 e. The highest BCUT2D eigenvalue weighted by Gasteiger charge is 2.62. The average Bonchev–Trinajstić information content (AvgIpc) is 2.56. The van der Waals surface area contributed by atoms with Crippen LogP contribution in [-0.2, 0) is 14.3 Å².